The lowest BCUT2D eigenvalue weighted by molar-refractivity contribution is -0.123. The first-order valence-electron chi connectivity index (χ1n) is 10.0. The van der Waals surface area contributed by atoms with Gasteiger partial charge in [0, 0.05) is 5.56 Å². The molecule has 0 N–H and O–H groups in total. The van der Waals surface area contributed by atoms with E-state index in [0.29, 0.717) is 27.3 Å². The molecule has 1 saturated heterocycles. The lowest BCUT2D eigenvalue weighted by atomic mass is 10.1. The van der Waals surface area contributed by atoms with Gasteiger partial charge in [-0.25, -0.2) is 0 Å². The molecular formula is C26H17N3O3S. The highest BCUT2D eigenvalue weighted by Crippen LogP contribution is 2.33. The number of nitriles is 2. The normalized spacial score (nSPS) is 14.2. The second kappa shape index (κ2) is 9.86. The van der Waals surface area contributed by atoms with E-state index in [2.05, 4.69) is 12.1 Å². The highest BCUT2D eigenvalue weighted by molar-refractivity contribution is 8.18. The predicted octanol–water partition coefficient (Wildman–Crippen LogP) is 5.25. The van der Waals surface area contributed by atoms with Crippen LogP contribution in [0.15, 0.2) is 77.7 Å². The Hall–Kier alpha value is -4.33. The number of amides is 2. The van der Waals surface area contributed by atoms with Crippen molar-refractivity contribution in [2.75, 3.05) is 0 Å². The highest BCUT2D eigenvalue weighted by atomic mass is 32.2. The smallest absolute Gasteiger partial charge is 0.293 e. The molecule has 0 saturated carbocycles. The maximum Gasteiger partial charge on any atom is 0.293 e. The number of hydrogen-bond acceptors (Lipinski definition) is 6. The van der Waals surface area contributed by atoms with Crippen molar-refractivity contribution >= 4 is 29.0 Å². The van der Waals surface area contributed by atoms with Gasteiger partial charge >= 0.3 is 0 Å². The average Bonchev–Trinajstić information content (AvgIpc) is 3.11. The van der Waals surface area contributed by atoms with Crippen LogP contribution in [0.25, 0.3) is 6.08 Å². The molecule has 0 radical (unpaired) electrons. The molecule has 0 spiro atoms. The van der Waals surface area contributed by atoms with E-state index >= 15 is 0 Å². The summed E-state index contributed by atoms with van der Waals surface area (Å²) >= 11 is 0.879. The molecule has 4 rings (SSSR count). The van der Waals surface area contributed by atoms with E-state index in [1.165, 1.54) is 0 Å². The van der Waals surface area contributed by atoms with Gasteiger partial charge in [0.1, 0.15) is 12.4 Å². The van der Waals surface area contributed by atoms with E-state index in [0.717, 1.165) is 27.8 Å². The Morgan fingerprint density at radius 3 is 2.12 bits per heavy atom. The molecule has 0 atom stereocenters. The van der Waals surface area contributed by atoms with Crippen molar-refractivity contribution < 1.29 is 14.3 Å². The number of benzene rings is 3. The number of carbonyl (C=O) groups is 2. The Kier molecular flexibility index (Phi) is 6.54. The van der Waals surface area contributed by atoms with Crippen LogP contribution >= 0.6 is 11.8 Å². The highest BCUT2D eigenvalue weighted by Gasteiger charge is 2.35. The number of carbonyl (C=O) groups excluding carboxylic acids is 2. The molecule has 2 amide bonds. The summed E-state index contributed by atoms with van der Waals surface area (Å²) in [5, 5.41) is 18.0. The first-order valence-corrected chi connectivity index (χ1v) is 10.8. The quantitative estimate of drug-likeness (QED) is 0.476. The maximum absolute atomic E-state index is 12.8. The third-order valence-electron chi connectivity index (χ3n) is 5.05. The van der Waals surface area contributed by atoms with Crippen LogP contribution < -0.4 is 4.74 Å². The third kappa shape index (κ3) is 4.95. The van der Waals surface area contributed by atoms with Gasteiger partial charge in [-0.1, -0.05) is 48.5 Å². The summed E-state index contributed by atoms with van der Waals surface area (Å²) in [6, 6.07) is 25.5. The molecule has 3 aromatic carbocycles. The topological polar surface area (TPSA) is 94.2 Å². The molecular weight excluding hydrogens is 434 g/mol. The van der Waals surface area contributed by atoms with Crippen LogP contribution in [0, 0.1) is 22.7 Å². The largest absolute Gasteiger partial charge is 0.489 e. The van der Waals surface area contributed by atoms with Gasteiger partial charge in [-0.05, 0) is 53.2 Å². The van der Waals surface area contributed by atoms with Gasteiger partial charge in [0.05, 0.1) is 34.7 Å². The van der Waals surface area contributed by atoms with Crippen LogP contribution in [0.1, 0.15) is 27.8 Å². The summed E-state index contributed by atoms with van der Waals surface area (Å²) in [6.07, 6.45) is 1.66. The number of ether oxygens (including phenoxy) is 1. The summed E-state index contributed by atoms with van der Waals surface area (Å²) in [7, 11) is 0. The average molecular weight is 452 g/mol. The van der Waals surface area contributed by atoms with Crippen molar-refractivity contribution in [3.05, 3.63) is 106 Å². The molecule has 1 aliphatic heterocycles. The molecule has 0 aliphatic carbocycles. The molecule has 0 bridgehead atoms. The second-order valence-corrected chi connectivity index (χ2v) is 8.16. The Balaban J connectivity index is 1.44. The fourth-order valence-electron chi connectivity index (χ4n) is 3.30. The van der Waals surface area contributed by atoms with Crippen molar-refractivity contribution in [3.8, 4) is 17.9 Å². The number of thioether (sulfide) groups is 1. The summed E-state index contributed by atoms with van der Waals surface area (Å²) in [6.45, 7) is 0.328. The number of hydrogen-bond donors (Lipinski definition) is 0. The fraction of sp³-hybridized carbons (Fsp3) is 0.0769. The van der Waals surface area contributed by atoms with Crippen LogP contribution in [0.4, 0.5) is 4.79 Å². The number of nitrogens with zero attached hydrogens (tertiary/aromatic N) is 3. The predicted molar refractivity (Wildman–Crippen MR) is 125 cm³/mol. The minimum Gasteiger partial charge on any atom is -0.489 e. The molecule has 3 aromatic rings. The van der Waals surface area contributed by atoms with Crippen LogP contribution in [0.5, 0.6) is 5.75 Å². The molecule has 0 unspecified atom stereocenters. The van der Waals surface area contributed by atoms with Crippen LogP contribution in [0.2, 0.25) is 0 Å². The molecule has 160 valence electrons. The number of imide groups is 1. The van der Waals surface area contributed by atoms with Crippen LogP contribution in [-0.4, -0.2) is 16.0 Å². The van der Waals surface area contributed by atoms with Gasteiger partial charge in [0.25, 0.3) is 11.1 Å². The molecule has 7 heteroatoms. The molecule has 1 heterocycles. The zero-order chi connectivity index (χ0) is 23.2. The summed E-state index contributed by atoms with van der Waals surface area (Å²) in [4.78, 5) is 26.7. The number of rotatable bonds is 6. The standard InChI is InChI=1S/C26H17N3O3S/c27-14-19-5-1-3-7-21(19)16-29-25(30)24(33-26(29)31)13-18-9-11-23(12-10-18)32-17-22-8-4-2-6-20(22)15-28/h1-13H,16-17H2/b24-13+. The van der Waals surface area contributed by atoms with Crippen molar-refractivity contribution in [2.45, 2.75) is 13.2 Å². The Morgan fingerprint density at radius 2 is 1.45 bits per heavy atom. The molecule has 1 aliphatic rings. The molecule has 1 fully saturated rings. The first kappa shape index (κ1) is 21.9. The minimum atomic E-state index is -0.383. The van der Waals surface area contributed by atoms with Crippen molar-refractivity contribution in [2.24, 2.45) is 0 Å². The van der Waals surface area contributed by atoms with Crippen LogP contribution in [-0.2, 0) is 17.9 Å². The molecule has 33 heavy (non-hydrogen) atoms. The molecule has 0 aromatic heterocycles. The van der Waals surface area contributed by atoms with Gasteiger partial charge in [-0.2, -0.15) is 10.5 Å². The van der Waals surface area contributed by atoms with E-state index in [1.54, 1.807) is 66.7 Å². The maximum atomic E-state index is 12.8. The fourth-order valence-corrected chi connectivity index (χ4v) is 4.14. The lowest BCUT2D eigenvalue weighted by Gasteiger charge is -2.13. The van der Waals surface area contributed by atoms with Crippen molar-refractivity contribution in [1.29, 1.82) is 10.5 Å². The van der Waals surface area contributed by atoms with E-state index in [4.69, 9.17) is 4.74 Å². The van der Waals surface area contributed by atoms with Gasteiger partial charge in [0.15, 0.2) is 0 Å². The zero-order valence-corrected chi connectivity index (χ0v) is 18.2. The van der Waals surface area contributed by atoms with Gasteiger partial charge in [-0.3, -0.25) is 14.5 Å². The summed E-state index contributed by atoms with van der Waals surface area (Å²) in [5.74, 6) is 0.243. The van der Waals surface area contributed by atoms with Gasteiger partial charge in [0.2, 0.25) is 0 Å². The SMILES string of the molecule is N#Cc1ccccc1COc1ccc(/C=C2/SC(=O)N(Cc3ccccc3C#N)C2=O)cc1. The van der Waals surface area contributed by atoms with Crippen LogP contribution in [0.3, 0.4) is 0 Å². The zero-order valence-electron chi connectivity index (χ0n) is 17.4. The van der Waals surface area contributed by atoms with E-state index in [-0.39, 0.29) is 24.3 Å². The molecule has 6 nitrogen and oxygen atoms in total. The van der Waals surface area contributed by atoms with Crippen molar-refractivity contribution in [1.82, 2.24) is 4.90 Å². The Morgan fingerprint density at radius 1 is 0.848 bits per heavy atom. The minimum absolute atomic E-state index is 0.0582. The van der Waals surface area contributed by atoms with Gasteiger partial charge in [-0.15, -0.1) is 0 Å². The first-order chi connectivity index (χ1) is 16.1. The monoisotopic (exact) mass is 451 g/mol. The second-order valence-electron chi connectivity index (χ2n) is 7.16. The van der Waals surface area contributed by atoms with E-state index in [9.17, 15) is 20.1 Å². The van der Waals surface area contributed by atoms with E-state index in [1.807, 2.05) is 12.1 Å². The third-order valence-corrected chi connectivity index (χ3v) is 5.96. The Labute approximate surface area is 195 Å². The van der Waals surface area contributed by atoms with Crippen molar-refractivity contribution in [3.63, 3.8) is 0 Å². The van der Waals surface area contributed by atoms with E-state index < -0.39 is 0 Å². The Bertz CT molecular complexity index is 1330. The van der Waals surface area contributed by atoms with Gasteiger partial charge < -0.3 is 4.74 Å². The summed E-state index contributed by atoms with van der Waals surface area (Å²) < 4.78 is 5.77. The lowest BCUT2D eigenvalue weighted by Crippen LogP contribution is -2.27. The summed E-state index contributed by atoms with van der Waals surface area (Å²) in [5.41, 5.74) is 3.19.